The molecule has 86 heavy (non-hydrogen) atoms. The highest BCUT2D eigenvalue weighted by Crippen LogP contribution is 2.64. The van der Waals surface area contributed by atoms with Crippen LogP contribution in [0.5, 0.6) is 0 Å². The Hall–Kier alpha value is -9.96. The molecule has 1 atom stereocenters. The number of hydrogen-bond donors (Lipinski definition) is 0. The number of benzene rings is 12. The first-order valence-corrected chi connectivity index (χ1v) is 30.6. The molecule has 0 saturated heterocycles. The summed E-state index contributed by atoms with van der Waals surface area (Å²) in [4.78, 5) is 5.35. The summed E-state index contributed by atoms with van der Waals surface area (Å²) in [6.45, 7) is 14.0. The lowest BCUT2D eigenvalue weighted by Crippen LogP contribution is -2.30. The molecule has 3 heteroatoms. The third kappa shape index (κ3) is 8.31. The van der Waals surface area contributed by atoms with Gasteiger partial charge in [-0.25, -0.2) is 0 Å². The lowest BCUT2D eigenvalue weighted by Gasteiger charge is -2.47. The van der Waals surface area contributed by atoms with Crippen molar-refractivity contribution >= 4 is 55.9 Å². The average molecular weight is 1110 g/mol. The van der Waals surface area contributed by atoms with Crippen LogP contribution >= 0.6 is 0 Å². The molecule has 0 saturated carbocycles. The van der Waals surface area contributed by atoms with Gasteiger partial charge in [-0.2, -0.15) is 0 Å². The van der Waals surface area contributed by atoms with E-state index in [1.807, 2.05) is 0 Å². The topological polar surface area (TPSA) is 11.4 Å². The quantitative estimate of drug-likeness (QED) is 0.158. The third-order valence-corrected chi connectivity index (χ3v) is 18.8. The fourth-order valence-corrected chi connectivity index (χ4v) is 14.6. The molecule has 2 aliphatic heterocycles. The zero-order valence-corrected chi connectivity index (χ0v) is 49.7. The zero-order chi connectivity index (χ0) is 58.0. The third-order valence-electron chi connectivity index (χ3n) is 18.8. The maximum absolute atomic E-state index is 2.69. The van der Waals surface area contributed by atoms with E-state index in [-0.39, 0.29) is 22.7 Å². The predicted molar refractivity (Wildman–Crippen MR) is 361 cm³/mol. The van der Waals surface area contributed by atoms with Crippen LogP contribution < -0.4 is 9.80 Å². The van der Waals surface area contributed by atoms with Gasteiger partial charge in [-0.15, -0.1) is 0 Å². The van der Waals surface area contributed by atoms with E-state index in [9.17, 15) is 0 Å². The van der Waals surface area contributed by atoms with Crippen LogP contribution in [0.1, 0.15) is 109 Å². The second-order valence-electron chi connectivity index (χ2n) is 26.0. The standard InChI is InChI=1S/C83H67N3/c1-82(2,3)60-39-44-73(68(50-60)54-26-12-8-13-27-54)85-75-43-38-56(53-24-10-7-11-25-53)47-70(75)80-67-42-41-62(84-71-36-22-20-34-65(71)66-35-21-23-37-72(66)84)52-76(67)86(74-45-40-61(83(4,5)6)51-69(74)55-28-14-9-15-29-55)78-49-59(48-77(85)81(78)80)79-63-32-18-16-30-57(63)46-58-31-17-19-33-64(58)79/h7-45,47-52,79-80H,46H2,1-6H3. The second-order valence-corrected chi connectivity index (χ2v) is 26.0. The Labute approximate surface area is 505 Å². The highest BCUT2D eigenvalue weighted by atomic mass is 15.2. The van der Waals surface area contributed by atoms with Gasteiger partial charge in [-0.1, -0.05) is 242 Å². The molecule has 0 spiro atoms. The summed E-state index contributed by atoms with van der Waals surface area (Å²) in [6.07, 6.45) is 0.901. The van der Waals surface area contributed by atoms with E-state index in [4.69, 9.17) is 0 Å². The smallest absolute Gasteiger partial charge is 0.0541 e. The first kappa shape index (κ1) is 51.7. The van der Waals surface area contributed by atoms with E-state index in [0.717, 1.165) is 23.5 Å². The molecule has 1 aromatic heterocycles. The van der Waals surface area contributed by atoms with Gasteiger partial charge in [0.15, 0.2) is 0 Å². The molecule has 16 rings (SSSR count). The van der Waals surface area contributed by atoms with Gasteiger partial charge < -0.3 is 14.4 Å². The molecule has 0 fully saturated rings. The Kier molecular flexibility index (Phi) is 11.9. The van der Waals surface area contributed by atoms with Gasteiger partial charge in [0.2, 0.25) is 0 Å². The van der Waals surface area contributed by atoms with Crippen molar-refractivity contribution in [2.75, 3.05) is 9.80 Å². The minimum Gasteiger partial charge on any atom is -0.309 e. The van der Waals surface area contributed by atoms with Crippen LogP contribution in [-0.2, 0) is 17.3 Å². The Morgan fingerprint density at radius 2 is 0.779 bits per heavy atom. The lowest BCUT2D eigenvalue weighted by atomic mass is 9.71. The van der Waals surface area contributed by atoms with Crippen molar-refractivity contribution in [1.29, 1.82) is 0 Å². The summed E-state index contributed by atoms with van der Waals surface area (Å²) < 4.78 is 2.49. The van der Waals surface area contributed by atoms with E-state index >= 15 is 0 Å². The van der Waals surface area contributed by atoms with Gasteiger partial charge in [-0.05, 0) is 162 Å². The van der Waals surface area contributed by atoms with E-state index in [1.54, 1.807) is 0 Å². The molecule has 1 aliphatic carbocycles. The normalized spacial score (nSPS) is 14.4. The van der Waals surface area contributed by atoms with Crippen molar-refractivity contribution in [1.82, 2.24) is 4.57 Å². The van der Waals surface area contributed by atoms with E-state index < -0.39 is 0 Å². The molecule has 414 valence electrons. The van der Waals surface area contributed by atoms with Crippen LogP contribution in [0.15, 0.2) is 273 Å². The van der Waals surface area contributed by atoms with Crippen molar-refractivity contribution in [2.45, 2.75) is 70.6 Å². The van der Waals surface area contributed by atoms with E-state index in [1.165, 1.54) is 134 Å². The van der Waals surface area contributed by atoms with Crippen molar-refractivity contribution in [2.24, 2.45) is 0 Å². The maximum Gasteiger partial charge on any atom is 0.0541 e. The van der Waals surface area contributed by atoms with Crippen molar-refractivity contribution < 1.29 is 0 Å². The molecule has 0 N–H and O–H groups in total. The summed E-state index contributed by atoms with van der Waals surface area (Å²) in [5.74, 6) is -0.197. The summed E-state index contributed by atoms with van der Waals surface area (Å²) in [5, 5.41) is 2.49. The molecule has 3 aliphatic rings. The van der Waals surface area contributed by atoms with Crippen LogP contribution in [0.3, 0.4) is 0 Å². The minimum atomic E-state index is -0.156. The zero-order valence-electron chi connectivity index (χ0n) is 49.7. The molecular weight excluding hydrogens is 1040 g/mol. The average Bonchev–Trinajstić information content (AvgIpc) is 0.799. The lowest BCUT2D eigenvalue weighted by molar-refractivity contribution is 0.590. The predicted octanol–water partition coefficient (Wildman–Crippen LogP) is 22.2. The van der Waals surface area contributed by atoms with Gasteiger partial charge in [0.25, 0.3) is 0 Å². The molecule has 0 amide bonds. The number of aromatic nitrogens is 1. The summed E-state index contributed by atoms with van der Waals surface area (Å²) >= 11 is 0. The Morgan fingerprint density at radius 3 is 1.31 bits per heavy atom. The fraction of sp³-hybridized carbons (Fsp3) is 0.133. The Balaban J connectivity index is 1.08. The van der Waals surface area contributed by atoms with Gasteiger partial charge in [0, 0.05) is 45.0 Å². The van der Waals surface area contributed by atoms with Crippen LogP contribution in [-0.4, -0.2) is 4.57 Å². The fourth-order valence-electron chi connectivity index (χ4n) is 14.6. The van der Waals surface area contributed by atoms with Gasteiger partial charge in [-0.3, -0.25) is 0 Å². The largest absolute Gasteiger partial charge is 0.309 e. The van der Waals surface area contributed by atoms with Gasteiger partial charge >= 0.3 is 0 Å². The van der Waals surface area contributed by atoms with Crippen LogP contribution in [0, 0.1) is 0 Å². The molecule has 1 unspecified atom stereocenters. The molecule has 0 radical (unpaired) electrons. The van der Waals surface area contributed by atoms with Crippen LogP contribution in [0.25, 0.3) is 60.9 Å². The Morgan fingerprint density at radius 1 is 0.314 bits per heavy atom. The molecular formula is C83H67N3. The van der Waals surface area contributed by atoms with Crippen LogP contribution in [0.4, 0.5) is 34.1 Å². The van der Waals surface area contributed by atoms with Crippen molar-refractivity contribution in [3.63, 3.8) is 0 Å². The van der Waals surface area contributed by atoms with Gasteiger partial charge in [0.05, 0.1) is 45.2 Å². The van der Waals surface area contributed by atoms with Crippen molar-refractivity contribution in [3.8, 4) is 39.1 Å². The molecule has 12 aromatic carbocycles. The van der Waals surface area contributed by atoms with E-state index in [2.05, 4.69) is 329 Å². The molecule has 3 nitrogen and oxygen atoms in total. The molecule has 0 bridgehead atoms. The van der Waals surface area contributed by atoms with Gasteiger partial charge in [0.1, 0.15) is 0 Å². The second kappa shape index (κ2) is 19.8. The summed E-state index contributed by atoms with van der Waals surface area (Å²) in [6, 6.07) is 104. The first-order chi connectivity index (χ1) is 41.9. The molecule has 3 heterocycles. The Bertz CT molecular complexity index is 4720. The number of anilines is 6. The summed E-state index contributed by atoms with van der Waals surface area (Å²) in [5.41, 5.74) is 30.7. The number of para-hydroxylation sites is 2. The monoisotopic (exact) mass is 1110 g/mol. The molecule has 13 aromatic rings. The maximum atomic E-state index is 2.69. The number of nitrogens with zero attached hydrogens (tertiary/aromatic N) is 3. The highest BCUT2D eigenvalue weighted by Gasteiger charge is 2.44. The van der Waals surface area contributed by atoms with E-state index in [0.29, 0.717) is 0 Å². The first-order valence-electron chi connectivity index (χ1n) is 30.6. The number of hydrogen-bond acceptors (Lipinski definition) is 2. The van der Waals surface area contributed by atoms with Crippen molar-refractivity contribution in [3.05, 3.63) is 329 Å². The number of fused-ring (bicyclic) bond motifs is 9. The van der Waals surface area contributed by atoms with Crippen LogP contribution in [0.2, 0.25) is 0 Å². The summed E-state index contributed by atoms with van der Waals surface area (Å²) in [7, 11) is 0. The number of rotatable bonds is 7. The minimum absolute atomic E-state index is 0.0410. The highest BCUT2D eigenvalue weighted by molar-refractivity contribution is 6.10. The SMILES string of the molecule is CC(C)(C)c1ccc(N2c3ccc(-c4ccccc4)cc3C3c4ccc(-n5c6ccccc6c6ccccc65)cc4N(c4ccc(C(C)(C)C)cc4-c4ccccc4)c4cc(C5c6ccccc6Cc6ccccc65)cc2c43)c(-c2ccccc2)c1.